The first-order valence-corrected chi connectivity index (χ1v) is 7.10. The molecule has 5 nitrogen and oxygen atoms in total. The van der Waals surface area contributed by atoms with Crippen molar-refractivity contribution in [1.82, 2.24) is 14.6 Å². The molecule has 1 aliphatic rings. The molecule has 1 atom stereocenters. The second-order valence-corrected chi connectivity index (χ2v) is 6.27. The van der Waals surface area contributed by atoms with Crippen LogP contribution in [0, 0.1) is 6.92 Å². The maximum atomic E-state index is 12.3. The molecule has 0 bridgehead atoms. The lowest BCUT2D eigenvalue weighted by molar-refractivity contribution is 0.309. The quantitative estimate of drug-likeness (QED) is 0.875. The van der Waals surface area contributed by atoms with Crippen molar-refractivity contribution < 1.29 is 8.42 Å². The van der Waals surface area contributed by atoms with Crippen molar-refractivity contribution in [3.8, 4) is 0 Å². The standard InChI is InChI=1S/C11H17N3O2S.ClH/c1-9-3-4-13-11(7-9)17(15,16)14-6-5-12-10(2)8-14;/h3-4,7,10,12H,5-6,8H2,1-2H3;1H. The monoisotopic (exact) mass is 291 g/mol. The lowest BCUT2D eigenvalue weighted by Crippen LogP contribution is -2.51. The van der Waals surface area contributed by atoms with Gasteiger partial charge in [0.25, 0.3) is 10.0 Å². The van der Waals surface area contributed by atoms with Gasteiger partial charge in [0.2, 0.25) is 0 Å². The van der Waals surface area contributed by atoms with Gasteiger partial charge in [-0.05, 0) is 31.5 Å². The first-order valence-electron chi connectivity index (χ1n) is 5.66. The van der Waals surface area contributed by atoms with Crippen LogP contribution in [0.1, 0.15) is 12.5 Å². The number of aryl methyl sites for hydroxylation is 1. The Morgan fingerprint density at radius 2 is 2.22 bits per heavy atom. The number of nitrogens with one attached hydrogen (secondary N) is 1. The molecule has 1 saturated heterocycles. The van der Waals surface area contributed by atoms with Gasteiger partial charge in [-0.25, -0.2) is 13.4 Å². The van der Waals surface area contributed by atoms with E-state index in [1.807, 2.05) is 13.8 Å². The summed E-state index contributed by atoms with van der Waals surface area (Å²) in [4.78, 5) is 3.96. The molecule has 0 saturated carbocycles. The summed E-state index contributed by atoms with van der Waals surface area (Å²) in [5, 5.41) is 3.37. The molecule has 0 spiro atoms. The number of hydrogen-bond acceptors (Lipinski definition) is 4. The molecule has 0 radical (unpaired) electrons. The number of halogens is 1. The van der Waals surface area contributed by atoms with Crippen LogP contribution in [0.25, 0.3) is 0 Å². The molecular formula is C11H18ClN3O2S. The third kappa shape index (κ3) is 3.20. The van der Waals surface area contributed by atoms with Gasteiger partial charge in [0.15, 0.2) is 5.03 Å². The highest BCUT2D eigenvalue weighted by molar-refractivity contribution is 7.89. The van der Waals surface area contributed by atoms with Crippen molar-refractivity contribution >= 4 is 22.4 Å². The van der Waals surface area contributed by atoms with Gasteiger partial charge >= 0.3 is 0 Å². The van der Waals surface area contributed by atoms with Gasteiger partial charge in [-0.2, -0.15) is 4.31 Å². The van der Waals surface area contributed by atoms with E-state index in [1.165, 1.54) is 10.5 Å². The van der Waals surface area contributed by atoms with E-state index in [-0.39, 0.29) is 23.5 Å². The van der Waals surface area contributed by atoms with Crippen molar-refractivity contribution in [1.29, 1.82) is 0 Å². The Morgan fingerprint density at radius 1 is 1.50 bits per heavy atom. The molecular weight excluding hydrogens is 274 g/mol. The fraction of sp³-hybridized carbons (Fsp3) is 0.545. The summed E-state index contributed by atoms with van der Waals surface area (Å²) < 4.78 is 26.1. The highest BCUT2D eigenvalue weighted by atomic mass is 35.5. The second kappa shape index (κ2) is 5.97. The molecule has 1 aromatic rings. The topological polar surface area (TPSA) is 62.3 Å². The summed E-state index contributed by atoms with van der Waals surface area (Å²) >= 11 is 0. The number of hydrogen-bond donors (Lipinski definition) is 1. The largest absolute Gasteiger partial charge is 0.312 e. The van der Waals surface area contributed by atoms with Gasteiger partial charge in [0, 0.05) is 31.9 Å². The Morgan fingerprint density at radius 3 is 2.83 bits per heavy atom. The molecule has 0 amide bonds. The van der Waals surface area contributed by atoms with Crippen LogP contribution >= 0.6 is 12.4 Å². The molecule has 102 valence electrons. The van der Waals surface area contributed by atoms with E-state index in [0.29, 0.717) is 19.6 Å². The molecule has 18 heavy (non-hydrogen) atoms. The predicted octanol–water partition coefficient (Wildman–Crippen LogP) is 0.794. The summed E-state index contributed by atoms with van der Waals surface area (Å²) in [5.74, 6) is 0. The minimum atomic E-state index is -3.44. The van der Waals surface area contributed by atoms with E-state index in [9.17, 15) is 8.42 Å². The van der Waals surface area contributed by atoms with E-state index in [0.717, 1.165) is 5.56 Å². The highest BCUT2D eigenvalue weighted by Crippen LogP contribution is 2.15. The van der Waals surface area contributed by atoms with Crippen LogP contribution in [0.2, 0.25) is 0 Å². The summed E-state index contributed by atoms with van der Waals surface area (Å²) in [7, 11) is -3.44. The van der Waals surface area contributed by atoms with Gasteiger partial charge in [0.1, 0.15) is 0 Å². The van der Waals surface area contributed by atoms with Crippen molar-refractivity contribution in [3.63, 3.8) is 0 Å². The fourth-order valence-electron chi connectivity index (χ4n) is 1.90. The van der Waals surface area contributed by atoms with E-state index in [4.69, 9.17) is 0 Å². The highest BCUT2D eigenvalue weighted by Gasteiger charge is 2.29. The van der Waals surface area contributed by atoms with Crippen LogP contribution in [-0.2, 0) is 10.0 Å². The summed E-state index contributed by atoms with van der Waals surface area (Å²) in [6, 6.07) is 3.59. The lowest BCUT2D eigenvalue weighted by Gasteiger charge is -2.30. The Labute approximate surface area is 114 Å². The number of rotatable bonds is 2. The molecule has 0 aliphatic carbocycles. The molecule has 1 aromatic heterocycles. The number of nitrogens with zero attached hydrogens (tertiary/aromatic N) is 2. The second-order valence-electron chi connectivity index (χ2n) is 4.39. The third-order valence-electron chi connectivity index (χ3n) is 2.83. The number of aromatic nitrogens is 1. The van der Waals surface area contributed by atoms with Crippen LogP contribution in [0.15, 0.2) is 23.4 Å². The fourth-order valence-corrected chi connectivity index (χ4v) is 3.44. The Hall–Kier alpha value is -0.690. The maximum absolute atomic E-state index is 12.3. The first kappa shape index (κ1) is 15.4. The van der Waals surface area contributed by atoms with Crippen LogP contribution in [-0.4, -0.2) is 43.4 Å². The third-order valence-corrected chi connectivity index (χ3v) is 4.59. The molecule has 1 N–H and O–H groups in total. The Balaban J connectivity index is 0.00000162. The average Bonchev–Trinajstić information content (AvgIpc) is 2.29. The summed E-state index contributed by atoms with van der Waals surface area (Å²) in [6.45, 7) is 5.53. The number of sulfonamides is 1. The summed E-state index contributed by atoms with van der Waals surface area (Å²) in [5.41, 5.74) is 0.904. The van der Waals surface area contributed by atoms with E-state index in [1.54, 1.807) is 12.1 Å². The van der Waals surface area contributed by atoms with E-state index in [2.05, 4.69) is 10.3 Å². The zero-order valence-corrected chi connectivity index (χ0v) is 12.1. The van der Waals surface area contributed by atoms with E-state index < -0.39 is 10.0 Å². The number of pyridine rings is 1. The Kier molecular flexibility index (Phi) is 5.10. The van der Waals surface area contributed by atoms with Crippen molar-refractivity contribution in [2.75, 3.05) is 19.6 Å². The van der Waals surface area contributed by atoms with Crippen LogP contribution < -0.4 is 5.32 Å². The van der Waals surface area contributed by atoms with Crippen LogP contribution in [0.4, 0.5) is 0 Å². The van der Waals surface area contributed by atoms with Crippen LogP contribution in [0.3, 0.4) is 0 Å². The van der Waals surface area contributed by atoms with Gasteiger partial charge in [-0.15, -0.1) is 12.4 Å². The Bertz CT molecular complexity index is 507. The number of piperazine rings is 1. The van der Waals surface area contributed by atoms with Crippen molar-refractivity contribution in [2.24, 2.45) is 0 Å². The lowest BCUT2D eigenvalue weighted by atomic mass is 10.3. The molecule has 2 heterocycles. The molecule has 2 rings (SSSR count). The SMILES string of the molecule is Cc1ccnc(S(=O)(=O)N2CCNC(C)C2)c1.Cl. The van der Waals surface area contributed by atoms with Gasteiger partial charge in [-0.1, -0.05) is 0 Å². The molecule has 7 heteroatoms. The van der Waals surface area contributed by atoms with Gasteiger partial charge in [-0.3, -0.25) is 0 Å². The van der Waals surface area contributed by atoms with Gasteiger partial charge in [0.05, 0.1) is 0 Å². The predicted molar refractivity (Wildman–Crippen MR) is 72.4 cm³/mol. The molecule has 1 unspecified atom stereocenters. The minimum Gasteiger partial charge on any atom is -0.312 e. The van der Waals surface area contributed by atoms with E-state index >= 15 is 0 Å². The summed E-state index contributed by atoms with van der Waals surface area (Å²) in [6.07, 6.45) is 1.54. The normalized spacial score (nSPS) is 21.3. The average molecular weight is 292 g/mol. The minimum absolute atomic E-state index is 0. The van der Waals surface area contributed by atoms with Gasteiger partial charge < -0.3 is 5.32 Å². The molecule has 1 aliphatic heterocycles. The van der Waals surface area contributed by atoms with Crippen LogP contribution in [0.5, 0.6) is 0 Å². The molecule has 1 fully saturated rings. The molecule has 0 aromatic carbocycles. The maximum Gasteiger partial charge on any atom is 0.260 e. The zero-order chi connectivity index (χ0) is 12.5. The zero-order valence-electron chi connectivity index (χ0n) is 10.5. The smallest absolute Gasteiger partial charge is 0.260 e. The first-order chi connectivity index (χ1) is 8.00. The van der Waals surface area contributed by atoms with Crippen molar-refractivity contribution in [2.45, 2.75) is 24.9 Å². The van der Waals surface area contributed by atoms with Crippen molar-refractivity contribution in [3.05, 3.63) is 23.9 Å².